The summed E-state index contributed by atoms with van der Waals surface area (Å²) in [6.45, 7) is 6.82. The Labute approximate surface area is 157 Å². The van der Waals surface area contributed by atoms with E-state index in [4.69, 9.17) is 16.3 Å². The summed E-state index contributed by atoms with van der Waals surface area (Å²) in [5.74, 6) is 1.34. The number of anilines is 3. The van der Waals surface area contributed by atoms with E-state index in [-0.39, 0.29) is 6.09 Å². The van der Waals surface area contributed by atoms with Gasteiger partial charge in [-0.05, 0) is 37.6 Å². The van der Waals surface area contributed by atoms with Crippen LogP contribution < -0.4 is 10.2 Å². The monoisotopic (exact) mass is 375 g/mol. The third kappa shape index (κ3) is 4.35. The second-order valence-electron chi connectivity index (χ2n) is 6.00. The topological polar surface area (TPSA) is 70.6 Å². The van der Waals surface area contributed by atoms with E-state index < -0.39 is 0 Å². The van der Waals surface area contributed by atoms with Crippen molar-refractivity contribution in [3.05, 3.63) is 41.0 Å². The molecule has 0 bridgehead atoms. The van der Waals surface area contributed by atoms with E-state index in [9.17, 15) is 4.79 Å². The number of aromatic nitrogens is 2. The molecule has 138 valence electrons. The van der Waals surface area contributed by atoms with E-state index in [0.717, 1.165) is 17.1 Å². The number of amides is 1. The summed E-state index contributed by atoms with van der Waals surface area (Å²) in [5, 5.41) is 3.88. The van der Waals surface area contributed by atoms with Gasteiger partial charge in [-0.15, -0.1) is 0 Å². The molecule has 8 heteroatoms. The normalized spacial score (nSPS) is 14.3. The molecule has 0 unspecified atom stereocenters. The van der Waals surface area contributed by atoms with Gasteiger partial charge >= 0.3 is 6.09 Å². The molecule has 2 aromatic rings. The SMILES string of the molecule is CCOC(=O)N1CCN(c2ccnc(Nc3cc(Cl)ccc3C)n2)CC1. The number of ether oxygens (including phenoxy) is 1. The molecule has 1 N–H and O–H groups in total. The first-order valence-electron chi connectivity index (χ1n) is 8.59. The third-order valence-electron chi connectivity index (χ3n) is 4.22. The van der Waals surface area contributed by atoms with Gasteiger partial charge in [-0.2, -0.15) is 4.98 Å². The lowest BCUT2D eigenvalue weighted by Gasteiger charge is -2.34. The van der Waals surface area contributed by atoms with Crippen LogP contribution in [-0.4, -0.2) is 53.7 Å². The Morgan fingerprint density at radius 1 is 1.27 bits per heavy atom. The highest BCUT2D eigenvalue weighted by Crippen LogP contribution is 2.23. The molecular formula is C18H22ClN5O2. The third-order valence-corrected chi connectivity index (χ3v) is 4.45. The van der Waals surface area contributed by atoms with Crippen LogP contribution >= 0.6 is 11.6 Å². The predicted molar refractivity (Wildman–Crippen MR) is 102 cm³/mol. The quantitative estimate of drug-likeness (QED) is 0.882. The van der Waals surface area contributed by atoms with Crippen molar-refractivity contribution < 1.29 is 9.53 Å². The zero-order valence-corrected chi connectivity index (χ0v) is 15.7. The number of aryl methyl sites for hydroxylation is 1. The van der Waals surface area contributed by atoms with Crippen LogP contribution in [0.4, 0.5) is 22.2 Å². The maximum atomic E-state index is 11.8. The largest absolute Gasteiger partial charge is 0.450 e. The summed E-state index contributed by atoms with van der Waals surface area (Å²) in [6.07, 6.45) is 1.47. The van der Waals surface area contributed by atoms with Crippen molar-refractivity contribution in [1.82, 2.24) is 14.9 Å². The van der Waals surface area contributed by atoms with E-state index in [0.29, 0.717) is 43.8 Å². The minimum atomic E-state index is -0.256. The zero-order chi connectivity index (χ0) is 18.5. The second kappa shape index (κ2) is 8.23. The standard InChI is InChI=1S/C18H22ClN5O2/c1-3-26-18(25)24-10-8-23(9-11-24)16-6-7-20-17(22-16)21-15-12-14(19)5-4-13(15)2/h4-7,12H,3,8-11H2,1-2H3,(H,20,21,22). The van der Waals surface area contributed by atoms with Crippen molar-refractivity contribution in [3.63, 3.8) is 0 Å². The average molecular weight is 376 g/mol. The molecule has 1 aliphatic rings. The Balaban J connectivity index is 1.66. The molecule has 0 spiro atoms. The number of carbonyl (C=O) groups excluding carboxylic acids is 1. The number of piperazine rings is 1. The summed E-state index contributed by atoms with van der Waals surface area (Å²) in [5.41, 5.74) is 1.94. The number of nitrogens with zero attached hydrogens (tertiary/aromatic N) is 4. The molecule has 2 heterocycles. The maximum absolute atomic E-state index is 11.8. The first-order chi connectivity index (χ1) is 12.6. The van der Waals surface area contributed by atoms with Gasteiger partial charge in [0.2, 0.25) is 5.95 Å². The average Bonchev–Trinajstić information content (AvgIpc) is 2.65. The molecule has 0 atom stereocenters. The fourth-order valence-electron chi connectivity index (χ4n) is 2.77. The Hall–Kier alpha value is -2.54. The fraction of sp³-hybridized carbons (Fsp3) is 0.389. The van der Waals surface area contributed by atoms with Gasteiger partial charge in [0, 0.05) is 43.1 Å². The lowest BCUT2D eigenvalue weighted by atomic mass is 10.2. The molecule has 0 saturated carbocycles. The van der Waals surface area contributed by atoms with Gasteiger partial charge in [-0.1, -0.05) is 17.7 Å². The number of hydrogen-bond donors (Lipinski definition) is 1. The van der Waals surface area contributed by atoms with Gasteiger partial charge in [0.25, 0.3) is 0 Å². The van der Waals surface area contributed by atoms with Gasteiger partial charge < -0.3 is 19.9 Å². The Morgan fingerprint density at radius 3 is 2.77 bits per heavy atom. The van der Waals surface area contributed by atoms with Crippen LogP contribution in [0.5, 0.6) is 0 Å². The summed E-state index contributed by atoms with van der Waals surface area (Å²) >= 11 is 6.07. The maximum Gasteiger partial charge on any atom is 0.409 e. The molecule has 1 aromatic heterocycles. The van der Waals surface area contributed by atoms with Gasteiger partial charge in [-0.3, -0.25) is 0 Å². The molecule has 26 heavy (non-hydrogen) atoms. The number of carbonyl (C=O) groups is 1. The highest BCUT2D eigenvalue weighted by Gasteiger charge is 2.22. The Morgan fingerprint density at radius 2 is 2.04 bits per heavy atom. The smallest absolute Gasteiger partial charge is 0.409 e. The molecule has 0 aliphatic carbocycles. The van der Waals surface area contributed by atoms with Gasteiger partial charge in [0.15, 0.2) is 0 Å². The van der Waals surface area contributed by atoms with Gasteiger partial charge in [0.05, 0.1) is 6.61 Å². The van der Waals surface area contributed by atoms with E-state index in [1.54, 1.807) is 11.1 Å². The van der Waals surface area contributed by atoms with Crippen molar-refractivity contribution in [2.75, 3.05) is 43.0 Å². The molecule has 1 saturated heterocycles. The molecule has 1 amide bonds. The van der Waals surface area contributed by atoms with Crippen molar-refractivity contribution in [1.29, 1.82) is 0 Å². The number of hydrogen-bond acceptors (Lipinski definition) is 6. The molecule has 3 rings (SSSR count). The Kier molecular flexibility index (Phi) is 5.78. The summed E-state index contributed by atoms with van der Waals surface area (Å²) in [6, 6.07) is 7.52. The molecule has 0 radical (unpaired) electrons. The number of rotatable bonds is 4. The number of nitrogens with one attached hydrogen (secondary N) is 1. The van der Waals surface area contributed by atoms with Crippen LogP contribution in [0.2, 0.25) is 5.02 Å². The number of halogens is 1. The lowest BCUT2D eigenvalue weighted by molar-refractivity contribution is 0.105. The van der Waals surface area contributed by atoms with Gasteiger partial charge in [-0.25, -0.2) is 9.78 Å². The summed E-state index contributed by atoms with van der Waals surface area (Å²) in [4.78, 5) is 24.5. The summed E-state index contributed by atoms with van der Waals surface area (Å²) in [7, 11) is 0. The fourth-order valence-corrected chi connectivity index (χ4v) is 2.94. The second-order valence-corrected chi connectivity index (χ2v) is 6.43. The van der Waals surface area contributed by atoms with Crippen molar-refractivity contribution in [2.24, 2.45) is 0 Å². The molecular weight excluding hydrogens is 354 g/mol. The minimum Gasteiger partial charge on any atom is -0.450 e. The van der Waals surface area contributed by atoms with Crippen LogP contribution in [0.25, 0.3) is 0 Å². The van der Waals surface area contributed by atoms with Crippen molar-refractivity contribution in [3.8, 4) is 0 Å². The van der Waals surface area contributed by atoms with E-state index in [1.807, 2.05) is 38.1 Å². The first kappa shape index (κ1) is 18.3. The summed E-state index contributed by atoms with van der Waals surface area (Å²) < 4.78 is 5.05. The number of benzene rings is 1. The first-order valence-corrected chi connectivity index (χ1v) is 8.97. The highest BCUT2D eigenvalue weighted by molar-refractivity contribution is 6.30. The minimum absolute atomic E-state index is 0.256. The molecule has 7 nitrogen and oxygen atoms in total. The van der Waals surface area contributed by atoms with Crippen LogP contribution in [0, 0.1) is 6.92 Å². The Bertz CT molecular complexity index is 778. The molecule has 1 aliphatic heterocycles. The van der Waals surface area contributed by atoms with Crippen molar-refractivity contribution in [2.45, 2.75) is 13.8 Å². The van der Waals surface area contributed by atoms with E-state index in [1.165, 1.54) is 0 Å². The van der Waals surface area contributed by atoms with Gasteiger partial charge in [0.1, 0.15) is 5.82 Å². The van der Waals surface area contributed by atoms with Crippen LogP contribution in [0.3, 0.4) is 0 Å². The van der Waals surface area contributed by atoms with E-state index >= 15 is 0 Å². The molecule has 1 fully saturated rings. The van der Waals surface area contributed by atoms with Crippen LogP contribution in [0.15, 0.2) is 30.5 Å². The predicted octanol–water partition coefficient (Wildman–Crippen LogP) is 3.46. The van der Waals surface area contributed by atoms with Crippen molar-refractivity contribution >= 4 is 35.1 Å². The molecule has 1 aromatic carbocycles. The zero-order valence-electron chi connectivity index (χ0n) is 14.9. The van der Waals surface area contributed by atoms with Crippen LogP contribution in [-0.2, 0) is 4.74 Å². The van der Waals surface area contributed by atoms with Crippen LogP contribution in [0.1, 0.15) is 12.5 Å². The highest BCUT2D eigenvalue weighted by atomic mass is 35.5. The lowest BCUT2D eigenvalue weighted by Crippen LogP contribution is -2.49. The van der Waals surface area contributed by atoms with E-state index in [2.05, 4.69) is 20.2 Å².